The summed E-state index contributed by atoms with van der Waals surface area (Å²) in [4.78, 5) is 2.65. The van der Waals surface area contributed by atoms with E-state index in [9.17, 15) is 0 Å². The highest BCUT2D eigenvalue weighted by atomic mass is 15.1. The first kappa shape index (κ1) is 10.9. The zero-order chi connectivity index (χ0) is 10.9. The van der Waals surface area contributed by atoms with Crippen molar-refractivity contribution in [3.05, 3.63) is 52.4 Å². The number of azide groups is 1. The molecule has 0 heterocycles. The summed E-state index contributed by atoms with van der Waals surface area (Å²) in [5.74, 6) is 5.92. The molecule has 0 saturated carbocycles. The Morgan fingerprint density at radius 3 is 2.73 bits per heavy atom. The average Bonchev–Trinajstić information content (AvgIpc) is 2.30. The van der Waals surface area contributed by atoms with E-state index in [-0.39, 0.29) is 0 Å². The lowest BCUT2D eigenvalue weighted by Gasteiger charge is -1.92. The van der Waals surface area contributed by atoms with Gasteiger partial charge in [0.25, 0.3) is 0 Å². The molecule has 0 aliphatic heterocycles. The normalized spacial score (nSPS) is 8.27. The summed E-state index contributed by atoms with van der Waals surface area (Å²) in [6.07, 6.45) is 2.38. The molecule has 0 aliphatic rings. The predicted octanol–water partition coefficient (Wildman–Crippen LogP) is 3.38. The average molecular weight is 197 g/mol. The third kappa shape index (κ3) is 4.04. The number of hydrogen-bond donors (Lipinski definition) is 0. The third-order valence-electron chi connectivity index (χ3n) is 1.78. The third-order valence-corrected chi connectivity index (χ3v) is 1.78. The van der Waals surface area contributed by atoms with E-state index < -0.39 is 0 Å². The van der Waals surface area contributed by atoms with Gasteiger partial charge in [0.15, 0.2) is 0 Å². The zero-order valence-corrected chi connectivity index (χ0v) is 8.35. The first-order valence-corrected chi connectivity index (χ1v) is 4.59. The van der Waals surface area contributed by atoms with Crippen LogP contribution in [0.3, 0.4) is 0 Å². The molecular weight excluding hydrogens is 186 g/mol. The van der Waals surface area contributed by atoms with Gasteiger partial charge in [0, 0.05) is 23.4 Å². The smallest absolute Gasteiger partial charge is 0.0367 e. The van der Waals surface area contributed by atoms with Crippen LogP contribution in [0.15, 0.2) is 36.0 Å². The number of nitrogens with zero attached hydrogens (tertiary/aromatic N) is 3. The second kappa shape index (κ2) is 6.31. The van der Waals surface area contributed by atoms with Crippen LogP contribution in [0.1, 0.15) is 17.5 Å². The Bertz CT molecular complexity index is 428. The van der Waals surface area contributed by atoms with Gasteiger partial charge < -0.3 is 0 Å². The largest absolute Gasteiger partial charge is 0.0985 e. The number of benzene rings is 1. The van der Waals surface area contributed by atoms with Crippen molar-refractivity contribution < 1.29 is 0 Å². The van der Waals surface area contributed by atoms with Crippen LogP contribution in [0, 0.1) is 11.8 Å². The van der Waals surface area contributed by atoms with Crippen LogP contribution in [0.2, 0.25) is 0 Å². The summed E-state index contributed by atoms with van der Waals surface area (Å²) in [6, 6.07) is 7.81. The molecule has 1 aromatic carbocycles. The highest BCUT2D eigenvalue weighted by Crippen LogP contribution is 2.03. The quantitative estimate of drug-likeness (QED) is 0.234. The van der Waals surface area contributed by atoms with Gasteiger partial charge in [-0.3, -0.25) is 0 Å². The highest BCUT2D eigenvalue weighted by Gasteiger charge is 1.86. The molecule has 15 heavy (non-hydrogen) atoms. The Morgan fingerprint density at radius 1 is 1.40 bits per heavy atom. The number of hydrogen-bond acceptors (Lipinski definition) is 1. The molecule has 1 aromatic rings. The van der Waals surface area contributed by atoms with Crippen LogP contribution >= 0.6 is 0 Å². The fourth-order valence-electron chi connectivity index (χ4n) is 1.02. The zero-order valence-electron chi connectivity index (χ0n) is 8.35. The van der Waals surface area contributed by atoms with Crippen molar-refractivity contribution >= 4 is 6.08 Å². The lowest BCUT2D eigenvalue weighted by Crippen LogP contribution is -1.77. The van der Waals surface area contributed by atoms with E-state index in [1.165, 1.54) is 0 Å². The van der Waals surface area contributed by atoms with Gasteiger partial charge in [-0.1, -0.05) is 41.7 Å². The molecule has 0 amide bonds. The Hall–Kier alpha value is -2.17. The Kier molecular flexibility index (Phi) is 4.59. The van der Waals surface area contributed by atoms with Gasteiger partial charge in [-0.2, -0.15) is 0 Å². The van der Waals surface area contributed by atoms with Crippen molar-refractivity contribution in [2.24, 2.45) is 5.11 Å². The van der Waals surface area contributed by atoms with Crippen LogP contribution in [0.5, 0.6) is 0 Å². The van der Waals surface area contributed by atoms with Gasteiger partial charge >= 0.3 is 0 Å². The first-order chi connectivity index (χ1) is 7.36. The monoisotopic (exact) mass is 197 g/mol. The molecule has 74 valence electrons. The molecule has 1 rings (SSSR count). The summed E-state index contributed by atoms with van der Waals surface area (Å²) < 4.78 is 0. The maximum absolute atomic E-state index is 8.04. The summed E-state index contributed by atoms with van der Waals surface area (Å²) in [7, 11) is 0. The molecule has 0 atom stereocenters. The van der Waals surface area contributed by atoms with Crippen molar-refractivity contribution in [3.8, 4) is 11.8 Å². The molecule has 0 bridgehead atoms. The first-order valence-electron chi connectivity index (χ1n) is 4.59. The topological polar surface area (TPSA) is 48.8 Å². The van der Waals surface area contributed by atoms with Crippen molar-refractivity contribution in [2.75, 3.05) is 6.54 Å². The number of rotatable bonds is 3. The van der Waals surface area contributed by atoms with Gasteiger partial charge in [0.1, 0.15) is 0 Å². The second-order valence-corrected chi connectivity index (χ2v) is 2.83. The molecule has 0 aliphatic carbocycles. The maximum atomic E-state index is 8.04. The van der Waals surface area contributed by atoms with E-state index in [1.807, 2.05) is 24.3 Å². The van der Waals surface area contributed by atoms with Gasteiger partial charge in [-0.15, -0.1) is 0 Å². The standard InChI is InChI=1S/C12H11N3/c1-2-11-6-8-12(9-7-11)5-3-4-10-14-15-13/h2,6-9H,1,4,10H2. The Morgan fingerprint density at radius 2 is 2.13 bits per heavy atom. The van der Waals surface area contributed by atoms with Crippen LogP contribution in [-0.2, 0) is 0 Å². The van der Waals surface area contributed by atoms with Crippen LogP contribution < -0.4 is 0 Å². The molecule has 0 aromatic heterocycles. The van der Waals surface area contributed by atoms with Crippen molar-refractivity contribution in [1.29, 1.82) is 0 Å². The predicted molar refractivity (Wildman–Crippen MR) is 62.0 cm³/mol. The molecule has 0 spiro atoms. The minimum Gasteiger partial charge on any atom is -0.0985 e. The summed E-state index contributed by atoms with van der Waals surface area (Å²) in [6.45, 7) is 4.10. The Labute approximate surface area is 89.1 Å². The van der Waals surface area contributed by atoms with Crippen molar-refractivity contribution in [1.82, 2.24) is 0 Å². The van der Waals surface area contributed by atoms with E-state index in [0.29, 0.717) is 13.0 Å². The minimum atomic E-state index is 0.425. The van der Waals surface area contributed by atoms with Gasteiger partial charge in [-0.05, 0) is 23.2 Å². The maximum Gasteiger partial charge on any atom is 0.0367 e. The van der Waals surface area contributed by atoms with E-state index in [4.69, 9.17) is 5.53 Å². The van der Waals surface area contributed by atoms with E-state index in [1.54, 1.807) is 6.08 Å². The van der Waals surface area contributed by atoms with Crippen molar-refractivity contribution in [3.63, 3.8) is 0 Å². The molecular formula is C12H11N3. The molecule has 3 heteroatoms. The minimum absolute atomic E-state index is 0.425. The molecule has 0 fully saturated rings. The molecule has 0 N–H and O–H groups in total. The molecule has 0 radical (unpaired) electrons. The molecule has 0 saturated heterocycles. The molecule has 3 nitrogen and oxygen atoms in total. The van der Waals surface area contributed by atoms with Crippen LogP contribution in [0.4, 0.5) is 0 Å². The Balaban J connectivity index is 2.56. The highest BCUT2D eigenvalue weighted by molar-refractivity contribution is 5.49. The SMILES string of the molecule is C=Cc1ccc(C#CCCN=[N+]=[N-])cc1. The van der Waals surface area contributed by atoms with Gasteiger partial charge in [-0.25, -0.2) is 0 Å². The lowest BCUT2D eigenvalue weighted by atomic mass is 10.1. The van der Waals surface area contributed by atoms with E-state index >= 15 is 0 Å². The molecule has 0 unspecified atom stereocenters. The van der Waals surface area contributed by atoms with E-state index in [2.05, 4.69) is 28.4 Å². The van der Waals surface area contributed by atoms with E-state index in [0.717, 1.165) is 11.1 Å². The summed E-state index contributed by atoms with van der Waals surface area (Å²) in [5, 5.41) is 3.40. The fourth-order valence-corrected chi connectivity index (χ4v) is 1.02. The fraction of sp³-hybridized carbons (Fsp3) is 0.167. The van der Waals surface area contributed by atoms with Crippen LogP contribution in [0.25, 0.3) is 16.5 Å². The summed E-state index contributed by atoms with van der Waals surface area (Å²) in [5.41, 5.74) is 10.1. The summed E-state index contributed by atoms with van der Waals surface area (Å²) >= 11 is 0. The van der Waals surface area contributed by atoms with Crippen molar-refractivity contribution in [2.45, 2.75) is 6.42 Å². The second-order valence-electron chi connectivity index (χ2n) is 2.83. The lowest BCUT2D eigenvalue weighted by molar-refractivity contribution is 1.01. The van der Waals surface area contributed by atoms with Crippen LogP contribution in [-0.4, -0.2) is 6.54 Å². The van der Waals surface area contributed by atoms with Gasteiger partial charge in [0.05, 0.1) is 0 Å². The van der Waals surface area contributed by atoms with Gasteiger partial charge in [0.2, 0.25) is 0 Å².